The van der Waals surface area contributed by atoms with E-state index in [1.54, 1.807) is 12.1 Å². The lowest BCUT2D eigenvalue weighted by Gasteiger charge is -2.07. The van der Waals surface area contributed by atoms with Crippen molar-refractivity contribution in [2.75, 3.05) is 16.4 Å². The number of anilines is 2. The summed E-state index contributed by atoms with van der Waals surface area (Å²) in [4.78, 5) is 41.4. The Hall–Kier alpha value is -4.02. The summed E-state index contributed by atoms with van der Waals surface area (Å²) in [6, 6.07) is 22.3. The molecule has 2 N–H and O–H groups in total. The molecule has 3 aromatic carbocycles. The van der Waals surface area contributed by atoms with E-state index in [1.807, 2.05) is 49.4 Å². The molecule has 0 aliphatic carbocycles. The Bertz CT molecular complexity index is 1350. The van der Waals surface area contributed by atoms with Gasteiger partial charge in [0.25, 0.3) is 11.6 Å². The zero-order valence-electron chi connectivity index (χ0n) is 18.6. The Morgan fingerprint density at radius 2 is 1.66 bits per heavy atom. The molecule has 0 atom stereocenters. The first-order valence-electron chi connectivity index (χ1n) is 10.5. The summed E-state index contributed by atoms with van der Waals surface area (Å²) in [5, 5.41) is 16.9. The molecular weight excluding hydrogens is 484 g/mol. The Morgan fingerprint density at radius 3 is 2.31 bits per heavy atom. The predicted octanol–water partition coefficient (Wildman–Crippen LogP) is 6.01. The van der Waals surface area contributed by atoms with Crippen LogP contribution in [0.5, 0.6) is 0 Å². The molecule has 35 heavy (non-hydrogen) atoms. The number of non-ortho nitro benzene ring substituents is 1. The lowest BCUT2D eigenvalue weighted by atomic mass is 10.1. The van der Waals surface area contributed by atoms with E-state index in [9.17, 15) is 19.7 Å². The lowest BCUT2D eigenvalue weighted by Crippen LogP contribution is -2.13. The van der Waals surface area contributed by atoms with Gasteiger partial charge in [0.15, 0.2) is 5.13 Å². The van der Waals surface area contributed by atoms with Crippen LogP contribution in [0.15, 0.2) is 83.8 Å². The third-order valence-electron chi connectivity index (χ3n) is 4.91. The second-order valence-electron chi connectivity index (χ2n) is 7.41. The smallest absolute Gasteiger partial charge is 0.269 e. The van der Waals surface area contributed by atoms with Crippen molar-refractivity contribution in [2.45, 2.75) is 11.8 Å². The number of hydrogen-bond acceptors (Lipinski definition) is 7. The number of nitrogens with zero attached hydrogens (tertiary/aromatic N) is 2. The average molecular weight is 505 g/mol. The summed E-state index contributed by atoms with van der Waals surface area (Å²) in [6.07, 6.45) is 0. The van der Waals surface area contributed by atoms with Crippen molar-refractivity contribution in [3.63, 3.8) is 0 Å². The van der Waals surface area contributed by atoms with Gasteiger partial charge in [-0.25, -0.2) is 4.98 Å². The van der Waals surface area contributed by atoms with Crippen LogP contribution in [0.3, 0.4) is 0 Å². The van der Waals surface area contributed by atoms with Crippen molar-refractivity contribution in [3.05, 3.63) is 99.4 Å². The summed E-state index contributed by atoms with van der Waals surface area (Å²) in [7, 11) is 0. The number of nitro groups is 1. The SMILES string of the molecule is Cc1sc(NC(=O)CSc2ccc(NC(=O)c3ccc([N+](=O)[O-])cc3)cc2)nc1-c1ccccc1. The van der Waals surface area contributed by atoms with E-state index in [-0.39, 0.29) is 23.3 Å². The Labute approximate surface area is 209 Å². The number of amides is 2. The molecule has 2 amide bonds. The monoisotopic (exact) mass is 504 g/mol. The summed E-state index contributed by atoms with van der Waals surface area (Å²) in [6.45, 7) is 1.98. The molecule has 0 unspecified atom stereocenters. The number of rotatable bonds is 8. The number of thioether (sulfide) groups is 1. The summed E-state index contributed by atoms with van der Waals surface area (Å²) in [5.41, 5.74) is 2.70. The average Bonchev–Trinajstić information content (AvgIpc) is 3.23. The first-order chi connectivity index (χ1) is 16.9. The van der Waals surface area contributed by atoms with Crippen LogP contribution in [-0.2, 0) is 4.79 Å². The summed E-state index contributed by atoms with van der Waals surface area (Å²) < 4.78 is 0. The van der Waals surface area contributed by atoms with Crippen LogP contribution in [0, 0.1) is 17.0 Å². The topological polar surface area (TPSA) is 114 Å². The maximum atomic E-state index is 12.4. The van der Waals surface area contributed by atoms with Crippen molar-refractivity contribution in [1.82, 2.24) is 4.98 Å². The maximum Gasteiger partial charge on any atom is 0.269 e. The molecule has 0 spiro atoms. The molecule has 0 aliphatic rings. The molecule has 0 bridgehead atoms. The van der Waals surface area contributed by atoms with E-state index in [2.05, 4.69) is 15.6 Å². The first kappa shape index (κ1) is 24.1. The van der Waals surface area contributed by atoms with Crippen LogP contribution in [0.1, 0.15) is 15.2 Å². The van der Waals surface area contributed by atoms with Gasteiger partial charge in [-0.3, -0.25) is 19.7 Å². The van der Waals surface area contributed by atoms with Gasteiger partial charge in [-0.05, 0) is 43.3 Å². The molecule has 0 fully saturated rings. The zero-order chi connectivity index (χ0) is 24.8. The number of carbonyl (C=O) groups is 2. The molecule has 1 aromatic heterocycles. The number of aryl methyl sites for hydroxylation is 1. The highest BCUT2D eigenvalue weighted by Gasteiger charge is 2.13. The molecule has 4 rings (SSSR count). The van der Waals surface area contributed by atoms with E-state index in [0.717, 1.165) is 21.0 Å². The van der Waals surface area contributed by atoms with Gasteiger partial charge >= 0.3 is 0 Å². The number of benzene rings is 3. The van der Waals surface area contributed by atoms with Crippen LogP contribution < -0.4 is 10.6 Å². The molecule has 8 nitrogen and oxygen atoms in total. The Morgan fingerprint density at radius 1 is 0.971 bits per heavy atom. The number of nitro benzene ring substituents is 1. The minimum Gasteiger partial charge on any atom is -0.322 e. The van der Waals surface area contributed by atoms with Crippen LogP contribution in [0.4, 0.5) is 16.5 Å². The fraction of sp³-hybridized carbons (Fsp3) is 0.0800. The van der Waals surface area contributed by atoms with Crippen molar-refractivity contribution < 1.29 is 14.5 Å². The van der Waals surface area contributed by atoms with Gasteiger partial charge in [0.2, 0.25) is 5.91 Å². The highest BCUT2D eigenvalue weighted by molar-refractivity contribution is 8.00. The van der Waals surface area contributed by atoms with E-state index < -0.39 is 4.92 Å². The van der Waals surface area contributed by atoms with E-state index in [0.29, 0.717) is 16.4 Å². The summed E-state index contributed by atoms with van der Waals surface area (Å²) >= 11 is 2.81. The van der Waals surface area contributed by atoms with Crippen molar-refractivity contribution in [3.8, 4) is 11.3 Å². The molecule has 0 radical (unpaired) electrons. The van der Waals surface area contributed by atoms with E-state index in [4.69, 9.17) is 0 Å². The molecule has 0 aliphatic heterocycles. The van der Waals surface area contributed by atoms with Crippen LogP contribution in [0.2, 0.25) is 0 Å². The fourth-order valence-electron chi connectivity index (χ4n) is 3.19. The first-order valence-corrected chi connectivity index (χ1v) is 12.3. The van der Waals surface area contributed by atoms with E-state index >= 15 is 0 Å². The highest BCUT2D eigenvalue weighted by atomic mass is 32.2. The van der Waals surface area contributed by atoms with Gasteiger partial charge in [-0.2, -0.15) is 0 Å². The number of hydrogen-bond donors (Lipinski definition) is 2. The molecule has 0 saturated carbocycles. The Balaban J connectivity index is 1.28. The van der Waals surface area contributed by atoms with Crippen molar-refractivity contribution >= 4 is 51.4 Å². The van der Waals surface area contributed by atoms with Crippen LogP contribution in [-0.4, -0.2) is 27.5 Å². The highest BCUT2D eigenvalue weighted by Crippen LogP contribution is 2.30. The Kier molecular flexibility index (Phi) is 7.54. The molecule has 176 valence electrons. The van der Waals surface area contributed by atoms with Gasteiger partial charge in [0.1, 0.15) is 0 Å². The molecule has 1 heterocycles. The quantitative estimate of drug-likeness (QED) is 0.173. The minimum atomic E-state index is -0.516. The van der Waals surface area contributed by atoms with Crippen molar-refractivity contribution in [1.29, 1.82) is 0 Å². The van der Waals surface area contributed by atoms with Gasteiger partial charge in [0, 0.05) is 38.7 Å². The minimum absolute atomic E-state index is 0.0754. The standard InChI is InChI=1S/C25H20N4O4S2/c1-16-23(17-5-3-2-4-6-17)28-25(35-16)27-22(30)15-34-21-13-9-19(10-14-21)26-24(31)18-7-11-20(12-8-18)29(32)33/h2-14H,15H2,1H3,(H,26,31)(H,27,28,30). The number of aromatic nitrogens is 1. The molecular formula is C25H20N4O4S2. The maximum absolute atomic E-state index is 12.4. The molecule has 0 saturated heterocycles. The normalized spacial score (nSPS) is 10.5. The van der Waals surface area contributed by atoms with Gasteiger partial charge in [-0.15, -0.1) is 23.1 Å². The lowest BCUT2D eigenvalue weighted by molar-refractivity contribution is -0.384. The predicted molar refractivity (Wildman–Crippen MR) is 139 cm³/mol. The summed E-state index contributed by atoms with van der Waals surface area (Å²) in [5.74, 6) is -0.305. The van der Waals surface area contributed by atoms with Gasteiger partial charge < -0.3 is 10.6 Å². The van der Waals surface area contributed by atoms with Crippen LogP contribution in [0.25, 0.3) is 11.3 Å². The number of thiazole rings is 1. The van der Waals surface area contributed by atoms with Gasteiger partial charge in [0.05, 0.1) is 16.4 Å². The van der Waals surface area contributed by atoms with Crippen molar-refractivity contribution in [2.24, 2.45) is 0 Å². The third kappa shape index (κ3) is 6.31. The number of carbonyl (C=O) groups excluding carboxylic acids is 2. The van der Waals surface area contributed by atoms with Crippen LogP contribution >= 0.6 is 23.1 Å². The van der Waals surface area contributed by atoms with Gasteiger partial charge in [-0.1, -0.05) is 30.3 Å². The second-order valence-corrected chi connectivity index (χ2v) is 9.66. The van der Waals surface area contributed by atoms with E-state index in [1.165, 1.54) is 47.4 Å². The number of nitrogens with one attached hydrogen (secondary N) is 2. The molecule has 10 heteroatoms. The molecule has 4 aromatic rings. The zero-order valence-corrected chi connectivity index (χ0v) is 20.2. The fourth-order valence-corrected chi connectivity index (χ4v) is 4.74. The largest absolute Gasteiger partial charge is 0.322 e. The third-order valence-corrected chi connectivity index (χ3v) is 6.81. The second kappa shape index (κ2) is 10.9.